The number of para-hydroxylation sites is 2. The fourth-order valence-electron chi connectivity index (χ4n) is 3.10. The number of hydrogen-bond donors (Lipinski definition) is 2. The van der Waals surface area contributed by atoms with Crippen LogP contribution in [0.15, 0.2) is 29.1 Å². The second-order valence-corrected chi connectivity index (χ2v) is 6.91. The molecule has 7 heteroatoms. The molecule has 0 aliphatic carbocycles. The van der Waals surface area contributed by atoms with Crippen LogP contribution in [0, 0.1) is 5.92 Å². The van der Waals surface area contributed by atoms with E-state index in [-0.39, 0.29) is 30.5 Å². The summed E-state index contributed by atoms with van der Waals surface area (Å²) in [6.07, 6.45) is 1.27. The summed E-state index contributed by atoms with van der Waals surface area (Å²) in [7, 11) is 0. The van der Waals surface area contributed by atoms with Crippen LogP contribution in [0.5, 0.6) is 0 Å². The zero-order chi connectivity index (χ0) is 19.3. The summed E-state index contributed by atoms with van der Waals surface area (Å²) in [5, 5.41) is 11.8. The van der Waals surface area contributed by atoms with Crippen molar-refractivity contribution in [1.29, 1.82) is 0 Å². The number of benzene rings is 1. The van der Waals surface area contributed by atoms with E-state index in [9.17, 15) is 19.5 Å². The van der Waals surface area contributed by atoms with Crippen LogP contribution in [0.2, 0.25) is 0 Å². The SMILES string of the molecule is CCCn1c(=O)n(CCC(=O)N[C@H](CC(C)C)C(=O)O)c2ccccc21. The molecule has 2 rings (SSSR count). The summed E-state index contributed by atoms with van der Waals surface area (Å²) in [6.45, 7) is 6.66. The number of imidazole rings is 1. The minimum absolute atomic E-state index is 0.0575. The lowest BCUT2D eigenvalue weighted by Crippen LogP contribution is -2.42. The molecule has 0 bridgehead atoms. The molecule has 1 amide bonds. The summed E-state index contributed by atoms with van der Waals surface area (Å²) in [5.74, 6) is -1.24. The molecular formula is C19H27N3O4. The van der Waals surface area contributed by atoms with E-state index in [1.54, 1.807) is 9.13 Å². The zero-order valence-corrected chi connectivity index (χ0v) is 15.6. The first kappa shape index (κ1) is 19.8. The highest BCUT2D eigenvalue weighted by atomic mass is 16.4. The highest BCUT2D eigenvalue weighted by molar-refractivity contribution is 5.83. The van der Waals surface area contributed by atoms with E-state index in [1.165, 1.54) is 0 Å². The van der Waals surface area contributed by atoms with Crippen molar-refractivity contribution < 1.29 is 14.7 Å². The van der Waals surface area contributed by atoms with Crippen molar-refractivity contribution in [3.8, 4) is 0 Å². The lowest BCUT2D eigenvalue weighted by Gasteiger charge is -2.16. The Balaban J connectivity index is 2.14. The van der Waals surface area contributed by atoms with Gasteiger partial charge in [-0.15, -0.1) is 0 Å². The number of aryl methyl sites for hydroxylation is 2. The summed E-state index contributed by atoms with van der Waals surface area (Å²) < 4.78 is 3.30. The van der Waals surface area contributed by atoms with Crippen molar-refractivity contribution in [2.24, 2.45) is 5.92 Å². The van der Waals surface area contributed by atoms with Gasteiger partial charge < -0.3 is 10.4 Å². The molecule has 0 saturated carbocycles. The molecule has 2 N–H and O–H groups in total. The molecule has 0 spiro atoms. The van der Waals surface area contributed by atoms with Gasteiger partial charge in [-0.1, -0.05) is 32.9 Å². The topological polar surface area (TPSA) is 93.3 Å². The van der Waals surface area contributed by atoms with Crippen LogP contribution in [0.1, 0.15) is 40.0 Å². The van der Waals surface area contributed by atoms with Gasteiger partial charge in [0.15, 0.2) is 0 Å². The van der Waals surface area contributed by atoms with E-state index >= 15 is 0 Å². The van der Waals surface area contributed by atoms with Crippen LogP contribution in [0.4, 0.5) is 0 Å². The lowest BCUT2D eigenvalue weighted by atomic mass is 10.0. The molecule has 0 fully saturated rings. The van der Waals surface area contributed by atoms with Crippen LogP contribution < -0.4 is 11.0 Å². The molecule has 0 saturated heterocycles. The quantitative estimate of drug-likeness (QED) is 0.716. The fourth-order valence-corrected chi connectivity index (χ4v) is 3.10. The molecule has 1 heterocycles. The van der Waals surface area contributed by atoms with Crippen molar-refractivity contribution in [2.45, 2.75) is 59.2 Å². The monoisotopic (exact) mass is 361 g/mol. The van der Waals surface area contributed by atoms with Crippen molar-refractivity contribution >= 4 is 22.9 Å². The number of amides is 1. The standard InChI is InChI=1S/C19H27N3O4/c1-4-10-21-15-7-5-6-8-16(15)22(19(21)26)11-9-17(23)20-14(18(24)25)12-13(2)3/h5-8,13-14H,4,9-12H2,1-3H3,(H,20,23)(H,24,25)/t14-/m1/s1. The van der Waals surface area contributed by atoms with Crippen LogP contribution in [0.25, 0.3) is 11.0 Å². The van der Waals surface area contributed by atoms with Gasteiger partial charge >= 0.3 is 11.7 Å². The van der Waals surface area contributed by atoms with Gasteiger partial charge in [0, 0.05) is 19.5 Å². The maximum Gasteiger partial charge on any atom is 0.329 e. The minimum atomic E-state index is -1.04. The Morgan fingerprint density at radius 2 is 1.69 bits per heavy atom. The molecule has 26 heavy (non-hydrogen) atoms. The van der Waals surface area contributed by atoms with Gasteiger partial charge in [-0.05, 0) is 30.9 Å². The summed E-state index contributed by atoms with van der Waals surface area (Å²) in [4.78, 5) is 36.1. The largest absolute Gasteiger partial charge is 0.480 e. The third-order valence-corrected chi connectivity index (χ3v) is 4.28. The number of carbonyl (C=O) groups is 2. The number of nitrogens with one attached hydrogen (secondary N) is 1. The van der Waals surface area contributed by atoms with Crippen molar-refractivity contribution in [2.75, 3.05) is 0 Å². The Morgan fingerprint density at radius 1 is 1.12 bits per heavy atom. The number of aliphatic carboxylic acids is 1. The Bertz CT molecular complexity index is 835. The number of nitrogens with zero attached hydrogens (tertiary/aromatic N) is 2. The first-order valence-electron chi connectivity index (χ1n) is 9.05. The predicted octanol–water partition coefficient (Wildman–Crippen LogP) is 2.22. The van der Waals surface area contributed by atoms with Gasteiger partial charge in [-0.2, -0.15) is 0 Å². The average molecular weight is 361 g/mol. The summed E-state index contributed by atoms with van der Waals surface area (Å²) >= 11 is 0. The molecule has 0 aliphatic heterocycles. The molecule has 0 unspecified atom stereocenters. The number of hydrogen-bond acceptors (Lipinski definition) is 3. The molecule has 2 aromatic rings. The number of aromatic nitrogens is 2. The van der Waals surface area contributed by atoms with Gasteiger partial charge in [0.2, 0.25) is 5.91 Å². The van der Waals surface area contributed by atoms with Crippen LogP contribution in [-0.2, 0) is 22.7 Å². The van der Waals surface area contributed by atoms with Crippen LogP contribution in [0.3, 0.4) is 0 Å². The molecule has 1 aromatic carbocycles. The molecular weight excluding hydrogens is 334 g/mol. The first-order chi connectivity index (χ1) is 12.3. The van der Waals surface area contributed by atoms with Crippen LogP contribution >= 0.6 is 0 Å². The van der Waals surface area contributed by atoms with Crippen molar-refractivity contribution in [3.63, 3.8) is 0 Å². The van der Waals surface area contributed by atoms with E-state index in [2.05, 4.69) is 5.32 Å². The number of carboxylic acid groups (broad SMARTS) is 1. The van der Waals surface area contributed by atoms with Crippen molar-refractivity contribution in [1.82, 2.24) is 14.5 Å². The second kappa shape index (κ2) is 8.69. The first-order valence-corrected chi connectivity index (χ1v) is 9.05. The van der Waals surface area contributed by atoms with E-state index in [1.807, 2.05) is 45.0 Å². The highest BCUT2D eigenvalue weighted by Gasteiger charge is 2.21. The number of fused-ring (bicyclic) bond motifs is 1. The normalized spacial score (nSPS) is 12.5. The van der Waals surface area contributed by atoms with Crippen molar-refractivity contribution in [3.05, 3.63) is 34.7 Å². The van der Waals surface area contributed by atoms with Gasteiger partial charge in [-0.25, -0.2) is 9.59 Å². The Kier molecular flexibility index (Phi) is 6.60. The van der Waals surface area contributed by atoms with E-state index < -0.39 is 12.0 Å². The van der Waals surface area contributed by atoms with E-state index in [4.69, 9.17) is 0 Å². The summed E-state index contributed by atoms with van der Waals surface area (Å²) in [5.41, 5.74) is 1.50. The van der Waals surface area contributed by atoms with Gasteiger partial charge in [0.05, 0.1) is 11.0 Å². The van der Waals surface area contributed by atoms with Gasteiger partial charge in [0.25, 0.3) is 0 Å². The average Bonchev–Trinajstić information content (AvgIpc) is 2.84. The maximum atomic E-state index is 12.7. The second-order valence-electron chi connectivity index (χ2n) is 6.91. The smallest absolute Gasteiger partial charge is 0.329 e. The Labute approximate surface area is 152 Å². The minimum Gasteiger partial charge on any atom is -0.480 e. The van der Waals surface area contributed by atoms with E-state index in [0.29, 0.717) is 13.0 Å². The third kappa shape index (κ3) is 4.53. The molecule has 1 atom stereocenters. The lowest BCUT2D eigenvalue weighted by molar-refractivity contribution is -0.142. The molecule has 142 valence electrons. The highest BCUT2D eigenvalue weighted by Crippen LogP contribution is 2.13. The molecule has 0 aliphatic rings. The Hall–Kier alpha value is -2.57. The molecule has 0 radical (unpaired) electrons. The zero-order valence-electron chi connectivity index (χ0n) is 15.6. The third-order valence-electron chi connectivity index (χ3n) is 4.28. The number of carboxylic acids is 1. The Morgan fingerprint density at radius 3 is 2.19 bits per heavy atom. The fraction of sp³-hybridized carbons (Fsp3) is 0.526. The molecule has 7 nitrogen and oxygen atoms in total. The van der Waals surface area contributed by atoms with Crippen LogP contribution in [-0.4, -0.2) is 32.2 Å². The van der Waals surface area contributed by atoms with Gasteiger partial charge in [-0.3, -0.25) is 13.9 Å². The number of carbonyl (C=O) groups excluding carboxylic acids is 1. The van der Waals surface area contributed by atoms with Gasteiger partial charge in [0.1, 0.15) is 6.04 Å². The number of rotatable bonds is 9. The van der Waals surface area contributed by atoms with E-state index in [0.717, 1.165) is 17.5 Å². The summed E-state index contributed by atoms with van der Waals surface area (Å²) in [6, 6.07) is 6.60. The molecule has 1 aromatic heterocycles. The maximum absolute atomic E-state index is 12.7. The predicted molar refractivity (Wildman–Crippen MR) is 100 cm³/mol.